The molecular formula is C20H17F3N4O3. The number of carbonyl (C=O) groups is 1. The molecule has 4 rings (SSSR count). The Labute approximate surface area is 168 Å². The van der Waals surface area contributed by atoms with Gasteiger partial charge in [-0.15, -0.1) is 0 Å². The van der Waals surface area contributed by atoms with Gasteiger partial charge < -0.3 is 15.7 Å². The van der Waals surface area contributed by atoms with Crippen LogP contribution >= 0.6 is 0 Å². The first-order valence-electron chi connectivity index (χ1n) is 9.14. The normalized spacial score (nSPS) is 18.9. The van der Waals surface area contributed by atoms with Crippen LogP contribution in [0.3, 0.4) is 0 Å². The number of pyridine rings is 1. The number of aromatic carboxylic acids is 1. The third-order valence-corrected chi connectivity index (χ3v) is 5.21. The van der Waals surface area contributed by atoms with Gasteiger partial charge in [0.2, 0.25) is 0 Å². The molecule has 3 N–H and O–H groups in total. The number of nitrogens with zero attached hydrogens (tertiary/aromatic N) is 3. The molecule has 1 saturated heterocycles. The van der Waals surface area contributed by atoms with E-state index in [-0.39, 0.29) is 34.7 Å². The summed E-state index contributed by atoms with van der Waals surface area (Å²) in [5, 5.41) is 9.37. The molecule has 1 aromatic carbocycles. The molecule has 1 aliphatic heterocycles. The number of halogens is 3. The largest absolute Gasteiger partial charge is 0.477 e. The van der Waals surface area contributed by atoms with Crippen LogP contribution in [-0.2, 0) is 0 Å². The number of nitrogens with two attached hydrogens (primary N) is 1. The van der Waals surface area contributed by atoms with Gasteiger partial charge in [0, 0.05) is 35.8 Å². The Hall–Kier alpha value is -3.40. The van der Waals surface area contributed by atoms with Gasteiger partial charge in [-0.2, -0.15) is 0 Å². The molecule has 3 aromatic rings. The second-order valence-electron chi connectivity index (χ2n) is 7.31. The molecule has 1 fully saturated rings. The van der Waals surface area contributed by atoms with Crippen molar-refractivity contribution >= 4 is 17.4 Å². The van der Waals surface area contributed by atoms with Crippen LogP contribution in [0.4, 0.5) is 19.0 Å². The van der Waals surface area contributed by atoms with Gasteiger partial charge in [0.1, 0.15) is 22.8 Å². The van der Waals surface area contributed by atoms with Crippen molar-refractivity contribution in [3.63, 3.8) is 0 Å². The van der Waals surface area contributed by atoms with Crippen LogP contribution in [0.5, 0.6) is 0 Å². The minimum atomic E-state index is -1.57. The van der Waals surface area contributed by atoms with Gasteiger partial charge in [0.05, 0.1) is 6.20 Å². The fraction of sp³-hybridized carbons (Fsp3) is 0.250. The number of hydrogen-bond donors (Lipinski definition) is 2. The van der Waals surface area contributed by atoms with Gasteiger partial charge in [-0.3, -0.25) is 9.20 Å². The Balaban J connectivity index is 2.06. The van der Waals surface area contributed by atoms with Gasteiger partial charge in [-0.1, -0.05) is 0 Å². The van der Waals surface area contributed by atoms with E-state index in [4.69, 9.17) is 5.73 Å². The highest BCUT2D eigenvalue weighted by Gasteiger charge is 2.30. The van der Waals surface area contributed by atoms with Crippen molar-refractivity contribution in [3.8, 4) is 11.1 Å². The molecule has 156 valence electrons. The predicted octanol–water partition coefficient (Wildman–Crippen LogP) is 2.40. The van der Waals surface area contributed by atoms with E-state index < -0.39 is 34.5 Å². The molecule has 0 amide bonds. The van der Waals surface area contributed by atoms with Gasteiger partial charge in [-0.25, -0.2) is 22.9 Å². The number of hydrogen-bond acceptors (Lipinski definition) is 5. The summed E-state index contributed by atoms with van der Waals surface area (Å²) in [5.41, 5.74) is 3.82. The van der Waals surface area contributed by atoms with E-state index in [2.05, 4.69) is 4.98 Å². The topological polar surface area (TPSA) is 101 Å². The van der Waals surface area contributed by atoms with Crippen molar-refractivity contribution in [3.05, 3.63) is 63.8 Å². The standard InChI is InChI=1S/C20H17F3N4O3/c1-9-4-11(24)7-26(9)18-16(23)8-27-17(25-18)13(6-14(19(27)28)20(29)30)12-3-2-10(21)5-15(12)22/h2-3,5-6,8-9,11H,4,7,24H2,1H3,(H,29,30)/t9-,11-/m0/s1. The third-order valence-electron chi connectivity index (χ3n) is 5.21. The van der Waals surface area contributed by atoms with Crippen molar-refractivity contribution < 1.29 is 23.1 Å². The van der Waals surface area contributed by atoms with Crippen LogP contribution in [0, 0.1) is 17.5 Å². The Morgan fingerprint density at radius 3 is 2.53 bits per heavy atom. The molecular weight excluding hydrogens is 401 g/mol. The summed E-state index contributed by atoms with van der Waals surface area (Å²) in [5.74, 6) is -4.30. The van der Waals surface area contributed by atoms with E-state index in [1.165, 1.54) is 0 Å². The van der Waals surface area contributed by atoms with Crippen LogP contribution in [0.1, 0.15) is 23.7 Å². The molecule has 0 unspecified atom stereocenters. The van der Waals surface area contributed by atoms with Crippen molar-refractivity contribution in [2.24, 2.45) is 5.73 Å². The fourth-order valence-corrected chi connectivity index (χ4v) is 3.81. The average molecular weight is 418 g/mol. The number of benzene rings is 1. The Morgan fingerprint density at radius 1 is 1.20 bits per heavy atom. The lowest BCUT2D eigenvalue weighted by molar-refractivity contribution is 0.0694. The minimum Gasteiger partial charge on any atom is -0.477 e. The summed E-state index contributed by atoms with van der Waals surface area (Å²) in [4.78, 5) is 30.0. The smallest absolute Gasteiger partial charge is 0.341 e. The molecule has 1 aliphatic rings. The zero-order chi connectivity index (χ0) is 21.7. The monoisotopic (exact) mass is 418 g/mol. The molecule has 0 radical (unpaired) electrons. The van der Waals surface area contributed by atoms with E-state index in [9.17, 15) is 27.9 Å². The third kappa shape index (κ3) is 3.18. The van der Waals surface area contributed by atoms with Crippen LogP contribution in [0.15, 0.2) is 35.3 Å². The second kappa shape index (κ2) is 7.13. The second-order valence-corrected chi connectivity index (χ2v) is 7.31. The quantitative estimate of drug-likeness (QED) is 0.678. The number of anilines is 1. The zero-order valence-electron chi connectivity index (χ0n) is 15.8. The first-order valence-corrected chi connectivity index (χ1v) is 9.14. The molecule has 7 nitrogen and oxygen atoms in total. The lowest BCUT2D eigenvalue weighted by Gasteiger charge is -2.23. The van der Waals surface area contributed by atoms with Crippen LogP contribution in [0.25, 0.3) is 16.8 Å². The number of aromatic nitrogens is 2. The van der Waals surface area contributed by atoms with E-state index in [1.807, 2.05) is 6.92 Å². The SMILES string of the molecule is C[C@H]1C[C@H](N)CN1c1nc2c(-c3ccc(F)cc3F)cc(C(=O)O)c(=O)n2cc1F. The number of carboxylic acids is 1. The number of fused-ring (bicyclic) bond motifs is 1. The highest BCUT2D eigenvalue weighted by molar-refractivity contribution is 5.91. The van der Waals surface area contributed by atoms with Gasteiger partial charge >= 0.3 is 5.97 Å². The van der Waals surface area contributed by atoms with Crippen LogP contribution < -0.4 is 16.2 Å². The average Bonchev–Trinajstić information content (AvgIpc) is 3.00. The maximum atomic E-state index is 14.9. The van der Waals surface area contributed by atoms with E-state index in [0.717, 1.165) is 28.8 Å². The lowest BCUT2D eigenvalue weighted by atomic mass is 10.0. The molecule has 2 atom stereocenters. The summed E-state index contributed by atoms with van der Waals surface area (Å²) in [6.07, 6.45) is 1.43. The van der Waals surface area contributed by atoms with E-state index >= 15 is 0 Å². The lowest BCUT2D eigenvalue weighted by Crippen LogP contribution is -2.32. The summed E-state index contributed by atoms with van der Waals surface area (Å²) in [6.45, 7) is 2.18. The van der Waals surface area contributed by atoms with E-state index in [0.29, 0.717) is 19.0 Å². The molecule has 0 bridgehead atoms. The van der Waals surface area contributed by atoms with Crippen LogP contribution in [-0.4, -0.2) is 39.1 Å². The first kappa shape index (κ1) is 19.9. The maximum Gasteiger partial charge on any atom is 0.341 e. The Kier molecular flexibility index (Phi) is 4.73. The molecule has 0 saturated carbocycles. The van der Waals surface area contributed by atoms with E-state index in [1.54, 1.807) is 4.90 Å². The summed E-state index contributed by atoms with van der Waals surface area (Å²) in [7, 11) is 0. The Morgan fingerprint density at radius 2 is 1.93 bits per heavy atom. The molecule has 2 aromatic heterocycles. The number of carboxylic acid groups (broad SMARTS) is 1. The number of rotatable bonds is 3. The zero-order valence-corrected chi connectivity index (χ0v) is 15.8. The Bertz CT molecular complexity index is 1240. The van der Waals surface area contributed by atoms with Crippen molar-refractivity contribution in [1.82, 2.24) is 9.38 Å². The molecule has 3 heterocycles. The van der Waals surface area contributed by atoms with Crippen molar-refractivity contribution in [2.45, 2.75) is 25.4 Å². The van der Waals surface area contributed by atoms with Crippen LogP contribution in [0.2, 0.25) is 0 Å². The highest BCUT2D eigenvalue weighted by atomic mass is 19.1. The summed E-state index contributed by atoms with van der Waals surface area (Å²) >= 11 is 0. The summed E-state index contributed by atoms with van der Waals surface area (Å²) in [6, 6.07) is 3.37. The van der Waals surface area contributed by atoms with Gasteiger partial charge in [0.25, 0.3) is 5.56 Å². The van der Waals surface area contributed by atoms with Gasteiger partial charge in [0.15, 0.2) is 11.6 Å². The molecule has 0 spiro atoms. The molecule has 30 heavy (non-hydrogen) atoms. The predicted molar refractivity (Wildman–Crippen MR) is 103 cm³/mol. The maximum absolute atomic E-state index is 14.9. The molecule has 10 heteroatoms. The van der Waals surface area contributed by atoms with Gasteiger partial charge in [-0.05, 0) is 31.5 Å². The first-order chi connectivity index (χ1) is 14.2. The summed E-state index contributed by atoms with van der Waals surface area (Å²) < 4.78 is 43.5. The van der Waals surface area contributed by atoms with Crippen molar-refractivity contribution in [2.75, 3.05) is 11.4 Å². The minimum absolute atomic E-state index is 0.0816. The van der Waals surface area contributed by atoms with Crippen molar-refractivity contribution in [1.29, 1.82) is 0 Å². The highest BCUT2D eigenvalue weighted by Crippen LogP contribution is 2.31. The fourth-order valence-electron chi connectivity index (χ4n) is 3.81. The molecule has 0 aliphatic carbocycles.